The zero-order valence-corrected chi connectivity index (χ0v) is 9.71. The van der Waals surface area contributed by atoms with Crippen molar-refractivity contribution in [3.63, 3.8) is 0 Å². The Kier molecular flexibility index (Phi) is 4.23. The number of carbonyl (C=O) groups excluding carboxylic acids is 1. The van der Waals surface area contributed by atoms with Crippen molar-refractivity contribution in [3.05, 3.63) is 34.1 Å². The number of carbonyl (C=O) groups is 1. The van der Waals surface area contributed by atoms with Crippen LogP contribution in [0.2, 0.25) is 0 Å². The van der Waals surface area contributed by atoms with Crippen molar-refractivity contribution in [3.8, 4) is 0 Å². The quantitative estimate of drug-likeness (QED) is 0.882. The number of hydrogen-bond acceptors (Lipinski definition) is 2. The van der Waals surface area contributed by atoms with Crippen LogP contribution < -0.4 is 5.32 Å². The van der Waals surface area contributed by atoms with E-state index in [1.807, 2.05) is 0 Å². The third kappa shape index (κ3) is 3.00. The zero-order chi connectivity index (χ0) is 11.4. The van der Waals surface area contributed by atoms with Crippen LogP contribution in [0.4, 0.5) is 4.39 Å². The molecule has 0 saturated heterocycles. The molecule has 3 nitrogen and oxygen atoms in total. The molecular formula is C10H11BrFNO2. The summed E-state index contributed by atoms with van der Waals surface area (Å²) >= 11 is 3.10. The molecule has 0 heterocycles. The molecule has 1 amide bonds. The molecule has 1 rings (SSSR count). The minimum absolute atomic E-state index is 0.0437. The van der Waals surface area contributed by atoms with Gasteiger partial charge in [0.25, 0.3) is 5.91 Å². The summed E-state index contributed by atoms with van der Waals surface area (Å²) in [6.07, 6.45) is 0. The Morgan fingerprint density at radius 2 is 2.33 bits per heavy atom. The van der Waals surface area contributed by atoms with E-state index >= 15 is 0 Å². The predicted octanol–water partition coefficient (Wildman–Crippen LogP) is 1.70. The molecule has 0 unspecified atom stereocenters. The van der Waals surface area contributed by atoms with Crippen molar-refractivity contribution in [1.82, 2.24) is 5.32 Å². The molecule has 0 radical (unpaired) electrons. The molecular weight excluding hydrogens is 265 g/mol. The maximum atomic E-state index is 13.3. The Bertz CT molecular complexity index is 350. The predicted molar refractivity (Wildman–Crippen MR) is 58.1 cm³/mol. The van der Waals surface area contributed by atoms with Gasteiger partial charge in [-0.1, -0.05) is 6.07 Å². The van der Waals surface area contributed by atoms with Gasteiger partial charge >= 0.3 is 0 Å². The summed E-state index contributed by atoms with van der Waals surface area (Å²) in [6.45, 7) is 1.45. The van der Waals surface area contributed by atoms with Crippen molar-refractivity contribution in [2.24, 2.45) is 0 Å². The maximum Gasteiger partial charge on any atom is 0.255 e. The van der Waals surface area contributed by atoms with Crippen LogP contribution in [0.1, 0.15) is 17.3 Å². The second kappa shape index (κ2) is 5.23. The van der Waals surface area contributed by atoms with Gasteiger partial charge in [-0.3, -0.25) is 4.79 Å². The molecule has 0 aliphatic rings. The van der Waals surface area contributed by atoms with Crippen molar-refractivity contribution < 1.29 is 14.3 Å². The molecule has 0 fully saturated rings. The van der Waals surface area contributed by atoms with Crippen molar-refractivity contribution >= 4 is 21.8 Å². The van der Waals surface area contributed by atoms with E-state index in [1.165, 1.54) is 12.1 Å². The summed E-state index contributed by atoms with van der Waals surface area (Å²) < 4.78 is 13.7. The Morgan fingerprint density at radius 3 is 2.87 bits per heavy atom. The molecule has 5 heteroatoms. The molecule has 2 N–H and O–H groups in total. The zero-order valence-electron chi connectivity index (χ0n) is 8.13. The topological polar surface area (TPSA) is 49.3 Å². The first-order valence-electron chi connectivity index (χ1n) is 4.42. The first-order valence-corrected chi connectivity index (χ1v) is 5.21. The molecule has 82 valence electrons. The number of halogens is 2. The molecule has 15 heavy (non-hydrogen) atoms. The molecule has 1 atom stereocenters. The average Bonchev–Trinajstić information content (AvgIpc) is 2.17. The number of rotatable bonds is 3. The van der Waals surface area contributed by atoms with Gasteiger partial charge in [0.1, 0.15) is 5.82 Å². The molecule has 0 aromatic heterocycles. The van der Waals surface area contributed by atoms with Crippen LogP contribution in [-0.2, 0) is 0 Å². The lowest BCUT2D eigenvalue weighted by Crippen LogP contribution is -2.35. The summed E-state index contributed by atoms with van der Waals surface area (Å²) in [7, 11) is 0. The van der Waals surface area contributed by atoms with Crippen molar-refractivity contribution in [1.29, 1.82) is 0 Å². The van der Waals surface area contributed by atoms with Crippen LogP contribution in [-0.4, -0.2) is 23.7 Å². The van der Waals surface area contributed by atoms with Gasteiger partial charge in [-0.05, 0) is 35.0 Å². The van der Waals surface area contributed by atoms with E-state index in [0.29, 0.717) is 4.47 Å². The van der Waals surface area contributed by atoms with Crippen LogP contribution >= 0.6 is 15.9 Å². The molecule has 0 bridgehead atoms. The first kappa shape index (κ1) is 12.1. The van der Waals surface area contributed by atoms with E-state index in [4.69, 9.17) is 5.11 Å². The van der Waals surface area contributed by atoms with Crippen LogP contribution in [0.25, 0.3) is 0 Å². The highest BCUT2D eigenvalue weighted by atomic mass is 79.9. The summed E-state index contributed by atoms with van der Waals surface area (Å²) in [4.78, 5) is 11.6. The summed E-state index contributed by atoms with van der Waals surface area (Å²) in [5.74, 6) is -1.13. The fourth-order valence-electron chi connectivity index (χ4n) is 1.06. The molecule has 0 spiro atoms. The first-order chi connectivity index (χ1) is 7.06. The monoisotopic (exact) mass is 275 g/mol. The lowest BCUT2D eigenvalue weighted by atomic mass is 10.2. The van der Waals surface area contributed by atoms with Gasteiger partial charge in [0.05, 0.1) is 12.2 Å². The fraction of sp³-hybridized carbons (Fsp3) is 0.300. The minimum Gasteiger partial charge on any atom is -0.394 e. The Balaban J connectivity index is 2.91. The number of amides is 1. The average molecular weight is 276 g/mol. The lowest BCUT2D eigenvalue weighted by Gasteiger charge is -2.12. The van der Waals surface area contributed by atoms with E-state index in [-0.39, 0.29) is 12.2 Å². The van der Waals surface area contributed by atoms with Crippen molar-refractivity contribution in [2.75, 3.05) is 6.61 Å². The molecule has 0 aliphatic carbocycles. The number of hydrogen-bond donors (Lipinski definition) is 2. The molecule has 0 saturated carbocycles. The van der Waals surface area contributed by atoms with Crippen LogP contribution in [0, 0.1) is 5.82 Å². The number of benzene rings is 1. The summed E-state index contributed by atoms with van der Waals surface area (Å²) in [5, 5.41) is 11.2. The number of nitrogens with one attached hydrogen (secondary N) is 1. The van der Waals surface area contributed by atoms with E-state index in [2.05, 4.69) is 21.2 Å². The van der Waals surface area contributed by atoms with E-state index in [0.717, 1.165) is 0 Å². The van der Waals surface area contributed by atoms with Crippen LogP contribution in [0.5, 0.6) is 0 Å². The fourth-order valence-corrected chi connectivity index (χ4v) is 1.58. The third-order valence-corrected chi connectivity index (χ3v) is 2.50. The van der Waals surface area contributed by atoms with Gasteiger partial charge in [0, 0.05) is 10.5 Å². The van der Waals surface area contributed by atoms with Crippen molar-refractivity contribution in [2.45, 2.75) is 13.0 Å². The summed E-state index contributed by atoms with van der Waals surface area (Å²) in [5.41, 5.74) is -0.0437. The number of aliphatic hydroxyl groups excluding tert-OH is 1. The second-order valence-electron chi connectivity index (χ2n) is 3.15. The summed E-state index contributed by atoms with van der Waals surface area (Å²) in [6, 6.07) is 3.90. The number of aliphatic hydroxyl groups is 1. The van der Waals surface area contributed by atoms with Crippen LogP contribution in [0.3, 0.4) is 0 Å². The SMILES string of the molecule is C[C@@H](CO)NC(=O)c1c(F)cccc1Br. The third-order valence-electron chi connectivity index (χ3n) is 1.84. The standard InChI is InChI=1S/C10H11BrFNO2/c1-6(5-14)13-10(15)9-7(11)3-2-4-8(9)12/h2-4,6,14H,5H2,1H3,(H,13,15)/t6-/m0/s1. The highest BCUT2D eigenvalue weighted by Gasteiger charge is 2.16. The highest BCUT2D eigenvalue weighted by molar-refractivity contribution is 9.10. The highest BCUT2D eigenvalue weighted by Crippen LogP contribution is 2.19. The van der Waals surface area contributed by atoms with E-state index < -0.39 is 17.8 Å². The molecule has 1 aromatic rings. The van der Waals surface area contributed by atoms with Gasteiger partial charge in [-0.2, -0.15) is 0 Å². The molecule has 1 aromatic carbocycles. The lowest BCUT2D eigenvalue weighted by molar-refractivity contribution is 0.0917. The van der Waals surface area contributed by atoms with Gasteiger partial charge in [0.2, 0.25) is 0 Å². The van der Waals surface area contributed by atoms with E-state index in [1.54, 1.807) is 13.0 Å². The Morgan fingerprint density at radius 1 is 1.67 bits per heavy atom. The van der Waals surface area contributed by atoms with Gasteiger partial charge in [0.15, 0.2) is 0 Å². The minimum atomic E-state index is -0.591. The van der Waals surface area contributed by atoms with Gasteiger partial charge in [-0.15, -0.1) is 0 Å². The second-order valence-corrected chi connectivity index (χ2v) is 4.01. The smallest absolute Gasteiger partial charge is 0.255 e. The largest absolute Gasteiger partial charge is 0.394 e. The maximum absolute atomic E-state index is 13.3. The normalized spacial score (nSPS) is 12.3. The Labute approximate surface area is 95.4 Å². The van der Waals surface area contributed by atoms with E-state index in [9.17, 15) is 9.18 Å². The van der Waals surface area contributed by atoms with Gasteiger partial charge in [-0.25, -0.2) is 4.39 Å². The van der Waals surface area contributed by atoms with Gasteiger partial charge < -0.3 is 10.4 Å². The van der Waals surface area contributed by atoms with Crippen LogP contribution in [0.15, 0.2) is 22.7 Å². The Hall–Kier alpha value is -0.940. The molecule has 0 aliphatic heterocycles.